The SMILES string of the molecule is CN(Cc1ccc(Cl)cc1)C(=O)CCS. The maximum Gasteiger partial charge on any atom is 0.223 e. The maximum atomic E-state index is 11.5. The molecule has 0 saturated carbocycles. The number of benzene rings is 1. The smallest absolute Gasteiger partial charge is 0.223 e. The first-order valence-corrected chi connectivity index (χ1v) is 5.74. The summed E-state index contributed by atoms with van der Waals surface area (Å²) in [5.41, 5.74) is 1.08. The lowest BCUT2D eigenvalue weighted by Gasteiger charge is -2.16. The molecule has 0 N–H and O–H groups in total. The number of nitrogens with zero attached hydrogens (tertiary/aromatic N) is 1. The van der Waals surface area contributed by atoms with Crippen LogP contribution in [-0.2, 0) is 11.3 Å². The zero-order chi connectivity index (χ0) is 11.3. The summed E-state index contributed by atoms with van der Waals surface area (Å²) in [6.07, 6.45) is 0.479. The Balaban J connectivity index is 2.54. The summed E-state index contributed by atoms with van der Waals surface area (Å²) in [4.78, 5) is 13.2. The van der Waals surface area contributed by atoms with Crippen molar-refractivity contribution in [2.24, 2.45) is 0 Å². The summed E-state index contributed by atoms with van der Waals surface area (Å²) in [6.45, 7) is 0.615. The second-order valence-electron chi connectivity index (χ2n) is 3.35. The van der Waals surface area contributed by atoms with Gasteiger partial charge in [-0.3, -0.25) is 4.79 Å². The average Bonchev–Trinajstić information content (AvgIpc) is 2.22. The van der Waals surface area contributed by atoms with Crippen molar-refractivity contribution in [1.82, 2.24) is 4.90 Å². The lowest BCUT2D eigenvalue weighted by Crippen LogP contribution is -2.26. The van der Waals surface area contributed by atoms with E-state index in [0.717, 1.165) is 5.56 Å². The number of amides is 1. The van der Waals surface area contributed by atoms with Crippen molar-refractivity contribution in [3.8, 4) is 0 Å². The van der Waals surface area contributed by atoms with Crippen molar-refractivity contribution >= 4 is 30.1 Å². The van der Waals surface area contributed by atoms with Gasteiger partial charge in [-0.25, -0.2) is 0 Å². The quantitative estimate of drug-likeness (QED) is 0.807. The van der Waals surface area contributed by atoms with Gasteiger partial charge in [0, 0.05) is 25.0 Å². The van der Waals surface area contributed by atoms with Crippen LogP contribution in [0.1, 0.15) is 12.0 Å². The van der Waals surface area contributed by atoms with Crippen molar-refractivity contribution in [3.05, 3.63) is 34.9 Å². The molecule has 15 heavy (non-hydrogen) atoms. The molecule has 0 radical (unpaired) electrons. The van der Waals surface area contributed by atoms with E-state index in [2.05, 4.69) is 12.6 Å². The fourth-order valence-electron chi connectivity index (χ4n) is 1.24. The van der Waals surface area contributed by atoms with Gasteiger partial charge in [-0.2, -0.15) is 12.6 Å². The summed E-state index contributed by atoms with van der Waals surface area (Å²) >= 11 is 9.80. The van der Waals surface area contributed by atoms with Crippen LogP contribution in [0.25, 0.3) is 0 Å². The number of rotatable bonds is 4. The van der Waals surface area contributed by atoms with E-state index in [-0.39, 0.29) is 5.91 Å². The van der Waals surface area contributed by atoms with Gasteiger partial charge in [0.25, 0.3) is 0 Å². The topological polar surface area (TPSA) is 20.3 Å². The Bertz CT molecular complexity index is 326. The second-order valence-corrected chi connectivity index (χ2v) is 4.23. The van der Waals surface area contributed by atoms with E-state index in [1.165, 1.54) is 0 Å². The summed E-state index contributed by atoms with van der Waals surface area (Å²) in [6, 6.07) is 7.50. The predicted octanol–water partition coefficient (Wildman–Crippen LogP) is 2.62. The molecule has 0 bridgehead atoms. The second kappa shape index (κ2) is 6.03. The van der Waals surface area contributed by atoms with Gasteiger partial charge in [-0.05, 0) is 23.4 Å². The molecule has 1 amide bonds. The van der Waals surface area contributed by atoms with Crippen molar-refractivity contribution in [2.45, 2.75) is 13.0 Å². The molecule has 0 fully saturated rings. The molecule has 82 valence electrons. The van der Waals surface area contributed by atoms with Gasteiger partial charge in [-0.15, -0.1) is 0 Å². The molecule has 0 aliphatic heterocycles. The maximum absolute atomic E-state index is 11.5. The van der Waals surface area contributed by atoms with Gasteiger partial charge >= 0.3 is 0 Å². The van der Waals surface area contributed by atoms with Crippen LogP contribution in [0, 0.1) is 0 Å². The predicted molar refractivity (Wildman–Crippen MR) is 66.4 cm³/mol. The van der Waals surface area contributed by atoms with Crippen molar-refractivity contribution in [3.63, 3.8) is 0 Å². The highest BCUT2D eigenvalue weighted by atomic mass is 35.5. The van der Waals surface area contributed by atoms with Gasteiger partial charge in [0.05, 0.1) is 0 Å². The molecule has 1 aromatic rings. The Labute approximate surface area is 101 Å². The zero-order valence-corrected chi connectivity index (χ0v) is 10.3. The van der Waals surface area contributed by atoms with Crippen LogP contribution in [0.5, 0.6) is 0 Å². The molecule has 0 aliphatic rings. The normalized spacial score (nSPS) is 10.1. The van der Waals surface area contributed by atoms with E-state index in [1.54, 1.807) is 11.9 Å². The summed E-state index contributed by atoms with van der Waals surface area (Å²) in [5.74, 6) is 0.698. The van der Waals surface area contributed by atoms with Crippen molar-refractivity contribution < 1.29 is 4.79 Å². The molecule has 1 aromatic carbocycles. The molecular formula is C11H14ClNOS. The molecule has 0 atom stereocenters. The number of thiol groups is 1. The van der Waals surface area contributed by atoms with E-state index in [0.29, 0.717) is 23.7 Å². The number of hydrogen-bond donors (Lipinski definition) is 1. The van der Waals surface area contributed by atoms with E-state index in [9.17, 15) is 4.79 Å². The summed E-state index contributed by atoms with van der Waals surface area (Å²) < 4.78 is 0. The first-order valence-electron chi connectivity index (χ1n) is 4.72. The standard InChI is InChI=1S/C11H14ClNOS/c1-13(11(14)6-7-15)8-9-2-4-10(12)5-3-9/h2-5,15H,6-8H2,1H3. The molecule has 0 spiro atoms. The highest BCUT2D eigenvalue weighted by Crippen LogP contribution is 2.11. The third-order valence-corrected chi connectivity index (χ3v) is 2.56. The molecule has 2 nitrogen and oxygen atoms in total. The van der Waals surface area contributed by atoms with Crippen LogP contribution in [-0.4, -0.2) is 23.6 Å². The minimum absolute atomic E-state index is 0.111. The first kappa shape index (κ1) is 12.4. The van der Waals surface area contributed by atoms with Crippen LogP contribution >= 0.6 is 24.2 Å². The third kappa shape index (κ3) is 4.14. The largest absolute Gasteiger partial charge is 0.341 e. The van der Waals surface area contributed by atoms with Crippen LogP contribution in [0.4, 0.5) is 0 Å². The van der Waals surface area contributed by atoms with E-state index >= 15 is 0 Å². The molecule has 0 aromatic heterocycles. The molecule has 4 heteroatoms. The fraction of sp³-hybridized carbons (Fsp3) is 0.364. The highest BCUT2D eigenvalue weighted by molar-refractivity contribution is 7.80. The molecule has 0 heterocycles. The number of carbonyl (C=O) groups excluding carboxylic acids is 1. The van der Waals surface area contributed by atoms with Crippen LogP contribution in [0.2, 0.25) is 5.02 Å². The van der Waals surface area contributed by atoms with Crippen LogP contribution in [0.15, 0.2) is 24.3 Å². The number of hydrogen-bond acceptors (Lipinski definition) is 2. The van der Waals surface area contributed by atoms with Crippen molar-refractivity contribution in [1.29, 1.82) is 0 Å². The van der Waals surface area contributed by atoms with E-state index in [1.807, 2.05) is 24.3 Å². The Hall–Kier alpha value is -0.670. The zero-order valence-electron chi connectivity index (χ0n) is 8.61. The lowest BCUT2D eigenvalue weighted by molar-refractivity contribution is -0.129. The minimum atomic E-state index is 0.111. The van der Waals surface area contributed by atoms with Gasteiger partial charge in [0.1, 0.15) is 0 Å². The third-order valence-electron chi connectivity index (χ3n) is 2.08. The molecule has 0 unspecified atom stereocenters. The van der Waals surface area contributed by atoms with Crippen LogP contribution < -0.4 is 0 Å². The molecule has 0 aliphatic carbocycles. The van der Waals surface area contributed by atoms with Gasteiger partial charge in [-0.1, -0.05) is 23.7 Å². The monoisotopic (exact) mass is 243 g/mol. The average molecular weight is 244 g/mol. The summed E-state index contributed by atoms with van der Waals surface area (Å²) in [5, 5.41) is 0.711. The van der Waals surface area contributed by atoms with Gasteiger partial charge in [0.15, 0.2) is 0 Å². The van der Waals surface area contributed by atoms with E-state index < -0.39 is 0 Å². The highest BCUT2D eigenvalue weighted by Gasteiger charge is 2.07. The van der Waals surface area contributed by atoms with Gasteiger partial charge < -0.3 is 4.90 Å². The molecule has 1 rings (SSSR count). The first-order chi connectivity index (χ1) is 7.13. The minimum Gasteiger partial charge on any atom is -0.341 e. The molecule has 0 saturated heterocycles. The van der Waals surface area contributed by atoms with Crippen molar-refractivity contribution in [2.75, 3.05) is 12.8 Å². The summed E-state index contributed by atoms with van der Waals surface area (Å²) in [7, 11) is 1.79. The Kier molecular flexibility index (Phi) is 4.99. The lowest BCUT2D eigenvalue weighted by atomic mass is 10.2. The van der Waals surface area contributed by atoms with E-state index in [4.69, 9.17) is 11.6 Å². The van der Waals surface area contributed by atoms with Gasteiger partial charge in [0.2, 0.25) is 5.91 Å². The fourth-order valence-corrected chi connectivity index (χ4v) is 1.56. The number of halogens is 1. The number of carbonyl (C=O) groups is 1. The van der Waals surface area contributed by atoms with Crippen LogP contribution in [0.3, 0.4) is 0 Å². The Morgan fingerprint density at radius 3 is 2.53 bits per heavy atom. The Morgan fingerprint density at radius 2 is 2.00 bits per heavy atom. The molecular weight excluding hydrogens is 230 g/mol. The Morgan fingerprint density at radius 1 is 1.40 bits per heavy atom.